The van der Waals surface area contributed by atoms with Gasteiger partial charge in [0.15, 0.2) is 11.8 Å². The maximum Gasteiger partial charge on any atom is 0.193 e. The molecule has 0 saturated carbocycles. The average Bonchev–Trinajstić information content (AvgIpc) is 2.83. The molecule has 0 amide bonds. The molecule has 1 aromatic carbocycles. The van der Waals surface area contributed by atoms with Crippen LogP contribution < -0.4 is 0 Å². The summed E-state index contributed by atoms with van der Waals surface area (Å²) in [5.74, 6) is 0.119. The minimum Gasteiger partial charge on any atom is -0.291 e. The van der Waals surface area contributed by atoms with Crippen LogP contribution in [0.1, 0.15) is 17.3 Å². The van der Waals surface area contributed by atoms with Crippen LogP contribution in [-0.2, 0) is 0 Å². The van der Waals surface area contributed by atoms with E-state index in [4.69, 9.17) is 0 Å². The van der Waals surface area contributed by atoms with Crippen LogP contribution in [0.2, 0.25) is 0 Å². The summed E-state index contributed by atoms with van der Waals surface area (Å²) in [6.45, 7) is 1.88. The lowest BCUT2D eigenvalue weighted by Crippen LogP contribution is -2.11. The Morgan fingerprint density at radius 2 is 1.92 bits per heavy atom. The molecule has 0 bridgehead atoms. The van der Waals surface area contributed by atoms with Crippen LogP contribution in [0.5, 0.6) is 0 Å². The number of ketones is 1. The predicted octanol–water partition coefficient (Wildman–Crippen LogP) is 1.71. The van der Waals surface area contributed by atoms with Gasteiger partial charge in [-0.3, -0.25) is 9.79 Å². The molecule has 0 fully saturated rings. The van der Waals surface area contributed by atoms with E-state index in [1.165, 1.54) is 0 Å². The molecule has 1 aromatic rings. The molecular formula is C10H9NO. The molecular weight excluding hydrogens is 150 g/mol. The molecule has 2 rings (SSSR count). The van der Waals surface area contributed by atoms with Crippen molar-refractivity contribution in [1.82, 2.24) is 0 Å². The smallest absolute Gasteiger partial charge is 0.193 e. The zero-order valence-electron chi connectivity index (χ0n) is 6.82. The largest absolute Gasteiger partial charge is 0.291 e. The van der Waals surface area contributed by atoms with Crippen molar-refractivity contribution in [3.63, 3.8) is 0 Å². The molecule has 1 aliphatic rings. The second-order valence-corrected chi connectivity index (χ2v) is 2.90. The van der Waals surface area contributed by atoms with E-state index >= 15 is 0 Å². The van der Waals surface area contributed by atoms with Crippen LogP contribution in [0.4, 0.5) is 0 Å². The van der Waals surface area contributed by atoms with Crippen LogP contribution in [0.25, 0.3) is 0 Å². The van der Waals surface area contributed by atoms with Gasteiger partial charge < -0.3 is 0 Å². The second-order valence-electron chi connectivity index (χ2n) is 2.90. The first kappa shape index (κ1) is 7.22. The summed E-state index contributed by atoms with van der Waals surface area (Å²) < 4.78 is 0. The molecule has 1 unspecified atom stereocenters. The average molecular weight is 159 g/mol. The van der Waals surface area contributed by atoms with Gasteiger partial charge in [-0.2, -0.15) is 0 Å². The van der Waals surface area contributed by atoms with Gasteiger partial charge in [-0.1, -0.05) is 30.3 Å². The monoisotopic (exact) mass is 159 g/mol. The highest BCUT2D eigenvalue weighted by atomic mass is 16.1. The van der Waals surface area contributed by atoms with Crippen molar-refractivity contribution < 1.29 is 4.79 Å². The number of Topliss-reactive ketones (excluding diaryl/α,β-unsaturated/α-hetero) is 1. The van der Waals surface area contributed by atoms with Gasteiger partial charge in [0.2, 0.25) is 0 Å². The Bertz CT molecular complexity index is 340. The zero-order valence-corrected chi connectivity index (χ0v) is 6.82. The van der Waals surface area contributed by atoms with Gasteiger partial charge in [0, 0.05) is 11.3 Å². The predicted molar refractivity (Wildman–Crippen MR) is 47.7 cm³/mol. The van der Waals surface area contributed by atoms with E-state index in [1.807, 2.05) is 37.3 Å². The molecule has 2 heteroatoms. The van der Waals surface area contributed by atoms with E-state index in [2.05, 4.69) is 4.99 Å². The third-order valence-electron chi connectivity index (χ3n) is 1.97. The molecule has 0 aliphatic carbocycles. The van der Waals surface area contributed by atoms with Crippen molar-refractivity contribution >= 4 is 11.5 Å². The summed E-state index contributed by atoms with van der Waals surface area (Å²) >= 11 is 0. The lowest BCUT2D eigenvalue weighted by atomic mass is 10.1. The highest BCUT2D eigenvalue weighted by molar-refractivity contribution is 6.22. The van der Waals surface area contributed by atoms with Crippen molar-refractivity contribution in [3.8, 4) is 0 Å². The fourth-order valence-electron chi connectivity index (χ4n) is 1.18. The lowest BCUT2D eigenvalue weighted by Gasteiger charge is -1.95. The van der Waals surface area contributed by atoms with E-state index in [9.17, 15) is 4.79 Å². The number of hydrogen-bond donors (Lipinski definition) is 0. The first-order valence-corrected chi connectivity index (χ1v) is 3.92. The molecule has 0 aromatic heterocycles. The second kappa shape index (κ2) is 2.55. The van der Waals surface area contributed by atoms with Crippen molar-refractivity contribution in [2.24, 2.45) is 4.99 Å². The van der Waals surface area contributed by atoms with Gasteiger partial charge >= 0.3 is 0 Å². The van der Waals surface area contributed by atoms with Crippen molar-refractivity contribution in [2.75, 3.05) is 0 Å². The number of aliphatic imine (C=N–C) groups is 1. The van der Waals surface area contributed by atoms with Crippen LogP contribution in [0.3, 0.4) is 0 Å². The molecule has 0 N–H and O–H groups in total. The molecule has 0 saturated heterocycles. The fourth-order valence-corrected chi connectivity index (χ4v) is 1.18. The Balaban J connectivity index is 2.17. The standard InChI is InChI=1S/C10H9NO/c1-7-9(11-7)10(12)8-5-3-2-4-6-8/h2-6,9H,1H3. The maximum atomic E-state index is 11.5. The quantitative estimate of drug-likeness (QED) is 0.604. The van der Waals surface area contributed by atoms with Gasteiger partial charge in [0.25, 0.3) is 0 Å². The lowest BCUT2D eigenvalue weighted by molar-refractivity contribution is 0.0995. The van der Waals surface area contributed by atoms with E-state index in [0.29, 0.717) is 0 Å². The van der Waals surface area contributed by atoms with Crippen LogP contribution in [0.15, 0.2) is 35.3 Å². The highest BCUT2D eigenvalue weighted by Crippen LogP contribution is 2.16. The molecule has 60 valence electrons. The van der Waals surface area contributed by atoms with Crippen LogP contribution >= 0.6 is 0 Å². The van der Waals surface area contributed by atoms with Gasteiger partial charge in [-0.25, -0.2) is 0 Å². The molecule has 2 nitrogen and oxygen atoms in total. The van der Waals surface area contributed by atoms with Crippen LogP contribution in [-0.4, -0.2) is 17.5 Å². The molecule has 1 heterocycles. The minimum atomic E-state index is -0.146. The number of hydrogen-bond acceptors (Lipinski definition) is 2. The van der Waals surface area contributed by atoms with E-state index in [-0.39, 0.29) is 11.8 Å². The molecule has 0 radical (unpaired) electrons. The van der Waals surface area contributed by atoms with Gasteiger partial charge in [-0.15, -0.1) is 0 Å². The minimum absolute atomic E-state index is 0.119. The Labute approximate surface area is 70.9 Å². The number of rotatable bonds is 2. The summed E-state index contributed by atoms with van der Waals surface area (Å²) in [4.78, 5) is 15.5. The van der Waals surface area contributed by atoms with Gasteiger partial charge in [0.05, 0.1) is 0 Å². The number of carbonyl (C=O) groups is 1. The summed E-state index contributed by atoms with van der Waals surface area (Å²) in [7, 11) is 0. The van der Waals surface area contributed by atoms with Crippen LogP contribution in [0, 0.1) is 0 Å². The van der Waals surface area contributed by atoms with E-state index in [1.54, 1.807) is 0 Å². The van der Waals surface area contributed by atoms with Crippen molar-refractivity contribution in [3.05, 3.63) is 35.9 Å². The van der Waals surface area contributed by atoms with Crippen molar-refractivity contribution in [1.29, 1.82) is 0 Å². The summed E-state index contributed by atoms with van der Waals surface area (Å²) in [5.41, 5.74) is 1.70. The molecule has 1 atom stereocenters. The number of carbonyl (C=O) groups excluding carboxylic acids is 1. The molecule has 12 heavy (non-hydrogen) atoms. The Morgan fingerprint density at radius 1 is 1.33 bits per heavy atom. The van der Waals surface area contributed by atoms with Gasteiger partial charge in [-0.05, 0) is 6.92 Å². The highest BCUT2D eigenvalue weighted by Gasteiger charge is 2.31. The first-order valence-electron chi connectivity index (χ1n) is 3.92. The molecule has 1 aliphatic heterocycles. The maximum absolute atomic E-state index is 11.5. The van der Waals surface area contributed by atoms with Crippen molar-refractivity contribution in [2.45, 2.75) is 13.0 Å². The topological polar surface area (TPSA) is 29.4 Å². The normalized spacial score (nSPS) is 20.1. The zero-order chi connectivity index (χ0) is 8.55. The Hall–Kier alpha value is -1.44. The number of benzene rings is 1. The SMILES string of the molecule is CC1=NC1C(=O)c1ccccc1. The third-order valence-corrected chi connectivity index (χ3v) is 1.97. The summed E-state index contributed by atoms with van der Waals surface area (Å²) in [6.07, 6.45) is 0. The third kappa shape index (κ3) is 1.16. The summed E-state index contributed by atoms with van der Waals surface area (Å²) in [6, 6.07) is 9.13. The fraction of sp³-hybridized carbons (Fsp3) is 0.200. The number of nitrogens with zero attached hydrogens (tertiary/aromatic N) is 1. The Morgan fingerprint density at radius 3 is 2.42 bits per heavy atom. The first-order chi connectivity index (χ1) is 5.79. The Kier molecular flexibility index (Phi) is 1.54. The molecule has 0 spiro atoms. The van der Waals surface area contributed by atoms with E-state index in [0.717, 1.165) is 11.3 Å². The van der Waals surface area contributed by atoms with E-state index < -0.39 is 0 Å². The summed E-state index contributed by atoms with van der Waals surface area (Å²) in [5, 5.41) is 0. The van der Waals surface area contributed by atoms with Gasteiger partial charge in [0.1, 0.15) is 0 Å².